The Morgan fingerprint density at radius 1 is 1.24 bits per heavy atom. The predicted molar refractivity (Wildman–Crippen MR) is 126 cm³/mol. The highest BCUT2D eigenvalue weighted by molar-refractivity contribution is 7.89. The summed E-state index contributed by atoms with van der Waals surface area (Å²) in [6.45, 7) is 2.35. The third kappa shape index (κ3) is 6.90. The summed E-state index contributed by atoms with van der Waals surface area (Å²) in [5.41, 5.74) is 2.55. The van der Waals surface area contributed by atoms with E-state index in [-0.39, 0.29) is 28.8 Å². The van der Waals surface area contributed by atoms with E-state index < -0.39 is 27.3 Å². The van der Waals surface area contributed by atoms with Gasteiger partial charge in [0.05, 0.1) is 28.4 Å². The van der Waals surface area contributed by atoms with E-state index in [9.17, 15) is 22.4 Å². The molecule has 0 bridgehead atoms. The topological polar surface area (TPSA) is 134 Å². The van der Waals surface area contributed by atoms with Gasteiger partial charge in [-0.05, 0) is 50.7 Å². The van der Waals surface area contributed by atoms with Crippen molar-refractivity contribution >= 4 is 33.6 Å². The van der Waals surface area contributed by atoms with Gasteiger partial charge in [0.15, 0.2) is 5.82 Å². The zero-order chi connectivity index (χ0) is 24.9. The van der Waals surface area contributed by atoms with E-state index in [1.807, 2.05) is 11.8 Å². The number of nitrogens with one attached hydrogen (secondary N) is 4. The molecule has 1 aliphatic rings. The first-order valence-corrected chi connectivity index (χ1v) is 12.9. The third-order valence-electron chi connectivity index (χ3n) is 5.57. The summed E-state index contributed by atoms with van der Waals surface area (Å²) < 4.78 is 41.1. The zero-order valence-electron chi connectivity index (χ0n) is 18.9. The van der Waals surface area contributed by atoms with E-state index >= 15 is 0 Å². The number of rotatable bonds is 8. The molecule has 10 nitrogen and oxygen atoms in total. The number of aromatic nitrogens is 2. The van der Waals surface area contributed by atoms with Crippen molar-refractivity contribution in [2.45, 2.75) is 38.6 Å². The second-order valence-corrected chi connectivity index (χ2v) is 10.5. The molecule has 1 aromatic heterocycles. The van der Waals surface area contributed by atoms with Gasteiger partial charge in [-0.3, -0.25) is 10.2 Å². The number of hydrogen-bond acceptors (Lipinski definition) is 5. The van der Waals surface area contributed by atoms with Crippen LogP contribution in [0.5, 0.6) is 0 Å². The van der Waals surface area contributed by atoms with Crippen molar-refractivity contribution in [3.8, 4) is 11.3 Å². The molecule has 1 aliphatic carbocycles. The second-order valence-electron chi connectivity index (χ2n) is 8.30. The summed E-state index contributed by atoms with van der Waals surface area (Å²) >= 11 is 5.94. The average molecular weight is 515 g/mol. The van der Waals surface area contributed by atoms with Gasteiger partial charge in [-0.25, -0.2) is 22.6 Å². The lowest BCUT2D eigenvalue weighted by Crippen LogP contribution is -2.46. The lowest BCUT2D eigenvalue weighted by molar-refractivity contribution is 0.0941. The fourth-order valence-corrected chi connectivity index (χ4v) is 5.38. The van der Waals surface area contributed by atoms with E-state index in [1.54, 1.807) is 24.1 Å². The van der Waals surface area contributed by atoms with E-state index in [0.29, 0.717) is 43.5 Å². The summed E-state index contributed by atoms with van der Waals surface area (Å²) in [5, 5.41) is 5.25. The molecule has 1 saturated carbocycles. The molecule has 0 saturated heterocycles. The Morgan fingerprint density at radius 3 is 2.56 bits per heavy atom. The van der Waals surface area contributed by atoms with E-state index in [1.165, 1.54) is 12.1 Å². The fraction of sp³-hybridized carbons (Fsp3) is 0.476. The van der Waals surface area contributed by atoms with Crippen LogP contribution in [0.4, 0.5) is 9.18 Å². The number of sulfonamides is 1. The molecule has 186 valence electrons. The summed E-state index contributed by atoms with van der Waals surface area (Å²) in [5.74, 6) is -2.26. The van der Waals surface area contributed by atoms with Crippen LogP contribution < -0.4 is 20.9 Å². The van der Waals surface area contributed by atoms with Crippen LogP contribution in [0.1, 0.15) is 43.0 Å². The molecule has 0 atom stereocenters. The van der Waals surface area contributed by atoms with Crippen molar-refractivity contribution in [3.63, 3.8) is 0 Å². The lowest BCUT2D eigenvalue weighted by atomic mass is 9.87. The van der Waals surface area contributed by atoms with Crippen LogP contribution >= 0.6 is 11.6 Å². The van der Waals surface area contributed by atoms with Crippen LogP contribution in [0.15, 0.2) is 24.7 Å². The average Bonchev–Trinajstić information content (AvgIpc) is 3.21. The van der Waals surface area contributed by atoms with Gasteiger partial charge in [-0.15, -0.1) is 4.83 Å². The molecule has 13 heteroatoms. The summed E-state index contributed by atoms with van der Waals surface area (Å²) in [4.78, 5) is 30.4. The van der Waals surface area contributed by atoms with Gasteiger partial charge < -0.3 is 15.2 Å². The number of benzene rings is 1. The minimum absolute atomic E-state index is 0.00253. The summed E-state index contributed by atoms with van der Waals surface area (Å²) in [6, 6.07) is 2.37. The molecule has 1 aromatic carbocycles. The highest BCUT2D eigenvalue weighted by Gasteiger charge is 2.27. The standard InChI is InChI=1S/C21H28ClFN6O4S/c1-3-24-21(31)26-15-6-4-13(5-7-15)11-34(32,33)28-27-20(30)16-8-14(9-17(22)19(16)23)18-10-29(2)12-25-18/h8-10,12-13,15,28H,3-7,11H2,1-2H3,(H,27,30)(H2,24,26,31). The molecule has 0 spiro atoms. The van der Waals surface area contributed by atoms with Gasteiger partial charge in [0.2, 0.25) is 10.0 Å². The molecule has 0 aliphatic heterocycles. The SMILES string of the molecule is CCNC(=O)NC1CCC(CS(=O)(=O)NNC(=O)c2cc(-c3cn(C)cn3)cc(Cl)c2F)CC1. The number of urea groups is 1. The maximum absolute atomic E-state index is 14.5. The Labute approximate surface area is 202 Å². The highest BCUT2D eigenvalue weighted by atomic mass is 35.5. The number of hydrogen-bond donors (Lipinski definition) is 4. The van der Waals surface area contributed by atoms with Crippen molar-refractivity contribution in [1.82, 2.24) is 30.4 Å². The first kappa shape index (κ1) is 25.9. The molecular weight excluding hydrogens is 487 g/mol. The van der Waals surface area contributed by atoms with Crippen LogP contribution in [0, 0.1) is 11.7 Å². The quantitative estimate of drug-likeness (QED) is 0.401. The molecule has 0 radical (unpaired) electrons. The van der Waals surface area contributed by atoms with Gasteiger partial charge >= 0.3 is 6.03 Å². The molecule has 34 heavy (non-hydrogen) atoms. The largest absolute Gasteiger partial charge is 0.340 e. The molecule has 3 rings (SSSR count). The number of carbonyl (C=O) groups is 2. The second kappa shape index (κ2) is 11.2. The maximum Gasteiger partial charge on any atom is 0.314 e. The summed E-state index contributed by atoms with van der Waals surface area (Å²) in [7, 11) is -2.11. The number of carbonyl (C=O) groups excluding carboxylic acids is 2. The van der Waals surface area contributed by atoms with E-state index in [4.69, 9.17) is 11.6 Å². The smallest absolute Gasteiger partial charge is 0.314 e. The molecule has 3 amide bonds. The number of nitrogens with zero attached hydrogens (tertiary/aromatic N) is 2. The Balaban J connectivity index is 1.56. The Morgan fingerprint density at radius 2 is 1.94 bits per heavy atom. The van der Waals surface area contributed by atoms with Crippen LogP contribution in [0.3, 0.4) is 0 Å². The van der Waals surface area contributed by atoms with Gasteiger partial charge in [0.1, 0.15) is 0 Å². The van der Waals surface area contributed by atoms with Crippen molar-refractivity contribution in [2.24, 2.45) is 13.0 Å². The van der Waals surface area contributed by atoms with Crippen molar-refractivity contribution < 1.29 is 22.4 Å². The number of halogens is 2. The molecule has 4 N–H and O–H groups in total. The Hall–Kier alpha value is -2.70. The van der Waals surface area contributed by atoms with Crippen LogP contribution in [0.25, 0.3) is 11.3 Å². The minimum atomic E-state index is -3.87. The number of aryl methyl sites for hydroxylation is 1. The first-order valence-electron chi connectivity index (χ1n) is 10.9. The first-order chi connectivity index (χ1) is 16.1. The highest BCUT2D eigenvalue weighted by Crippen LogP contribution is 2.27. The van der Waals surface area contributed by atoms with Crippen molar-refractivity contribution in [1.29, 1.82) is 0 Å². The molecule has 1 heterocycles. The number of hydrazine groups is 1. The summed E-state index contributed by atoms with van der Waals surface area (Å²) in [6.07, 6.45) is 5.77. The van der Waals surface area contributed by atoms with Gasteiger partial charge in [0, 0.05) is 31.4 Å². The Kier molecular flexibility index (Phi) is 8.50. The van der Waals surface area contributed by atoms with Crippen LogP contribution in [0.2, 0.25) is 5.02 Å². The minimum Gasteiger partial charge on any atom is -0.340 e. The lowest BCUT2D eigenvalue weighted by Gasteiger charge is -2.28. The van der Waals surface area contributed by atoms with Gasteiger partial charge in [0.25, 0.3) is 5.91 Å². The monoisotopic (exact) mass is 514 g/mol. The van der Waals surface area contributed by atoms with Crippen LogP contribution in [-0.2, 0) is 17.1 Å². The maximum atomic E-state index is 14.5. The Bertz CT molecular complexity index is 1150. The van der Waals surface area contributed by atoms with Crippen LogP contribution in [-0.4, -0.2) is 48.2 Å². The molecular formula is C21H28ClFN6O4S. The fourth-order valence-electron chi connectivity index (χ4n) is 3.88. The third-order valence-corrected chi connectivity index (χ3v) is 7.17. The molecule has 2 aromatic rings. The van der Waals surface area contributed by atoms with E-state index in [2.05, 4.69) is 21.0 Å². The zero-order valence-corrected chi connectivity index (χ0v) is 20.5. The van der Waals surface area contributed by atoms with Crippen molar-refractivity contribution in [3.05, 3.63) is 41.1 Å². The molecule has 0 unspecified atom stereocenters. The number of amides is 3. The van der Waals surface area contributed by atoms with Gasteiger partial charge in [-0.1, -0.05) is 11.6 Å². The normalized spacial score (nSPS) is 18.4. The predicted octanol–water partition coefficient (Wildman–Crippen LogP) is 2.32. The van der Waals surface area contributed by atoms with Gasteiger partial charge in [-0.2, -0.15) is 0 Å². The number of imidazole rings is 1. The van der Waals surface area contributed by atoms with Crippen molar-refractivity contribution in [2.75, 3.05) is 12.3 Å². The molecule has 1 fully saturated rings. The van der Waals surface area contributed by atoms with E-state index in [0.717, 1.165) is 0 Å².